The second kappa shape index (κ2) is 2.33. The lowest BCUT2D eigenvalue weighted by Gasteiger charge is -2.20. The van der Waals surface area contributed by atoms with Gasteiger partial charge in [0.25, 0.3) is 0 Å². The number of hydrogen-bond donors (Lipinski definition) is 0. The highest BCUT2D eigenvalue weighted by Crippen LogP contribution is 2.40. The fourth-order valence-electron chi connectivity index (χ4n) is 1.04. The van der Waals surface area contributed by atoms with E-state index in [-0.39, 0.29) is 10.7 Å². The van der Waals surface area contributed by atoms with E-state index in [1.165, 1.54) is 6.42 Å². The lowest BCUT2D eigenvalue weighted by molar-refractivity contribution is -0.108. The molecular formula is C7H12OS. The highest BCUT2D eigenvalue weighted by molar-refractivity contribution is 8.00. The van der Waals surface area contributed by atoms with Crippen molar-refractivity contribution in [3.63, 3.8) is 0 Å². The third-order valence-electron chi connectivity index (χ3n) is 1.94. The highest BCUT2D eigenvalue weighted by atomic mass is 32.2. The van der Waals surface area contributed by atoms with Gasteiger partial charge in [-0.05, 0) is 17.6 Å². The Hall–Kier alpha value is 0.0200. The number of carbonyl (C=O) groups excluding carboxylic acids is 1. The number of carbonyl (C=O) groups is 1. The molecule has 1 aliphatic heterocycles. The molecular weight excluding hydrogens is 132 g/mol. The van der Waals surface area contributed by atoms with E-state index >= 15 is 0 Å². The Morgan fingerprint density at radius 2 is 2.33 bits per heavy atom. The average molecular weight is 144 g/mol. The Labute approximate surface area is 60.2 Å². The molecule has 1 saturated heterocycles. The van der Waals surface area contributed by atoms with Gasteiger partial charge in [0.15, 0.2) is 0 Å². The van der Waals surface area contributed by atoms with Gasteiger partial charge in [-0.2, -0.15) is 11.8 Å². The van der Waals surface area contributed by atoms with Gasteiger partial charge in [-0.15, -0.1) is 0 Å². The molecule has 0 aliphatic carbocycles. The Morgan fingerprint density at radius 1 is 1.67 bits per heavy atom. The molecule has 0 spiro atoms. The van der Waals surface area contributed by atoms with Gasteiger partial charge in [-0.1, -0.05) is 13.8 Å². The largest absolute Gasteiger partial charge is 0.302 e. The van der Waals surface area contributed by atoms with Crippen LogP contribution in [0.15, 0.2) is 0 Å². The van der Waals surface area contributed by atoms with Crippen LogP contribution in [0.3, 0.4) is 0 Å². The summed E-state index contributed by atoms with van der Waals surface area (Å²) in [6.45, 7) is 4.32. The lowest BCUT2D eigenvalue weighted by Crippen LogP contribution is -2.21. The summed E-state index contributed by atoms with van der Waals surface area (Å²) in [7, 11) is 0. The van der Waals surface area contributed by atoms with E-state index in [0.29, 0.717) is 0 Å². The van der Waals surface area contributed by atoms with E-state index in [1.54, 1.807) is 11.8 Å². The van der Waals surface area contributed by atoms with Crippen molar-refractivity contribution in [2.45, 2.75) is 25.5 Å². The second-order valence-electron chi connectivity index (χ2n) is 3.17. The van der Waals surface area contributed by atoms with Crippen LogP contribution in [0, 0.1) is 5.41 Å². The Morgan fingerprint density at radius 3 is 2.56 bits per heavy atom. The zero-order valence-corrected chi connectivity index (χ0v) is 6.70. The topological polar surface area (TPSA) is 17.1 Å². The standard InChI is InChI=1S/C7H12OS/c1-7(2)3-4-9-6(7)5-8/h5-6H,3-4H2,1-2H3. The maximum atomic E-state index is 10.4. The van der Waals surface area contributed by atoms with E-state index in [1.807, 2.05) is 0 Å². The van der Waals surface area contributed by atoms with E-state index in [2.05, 4.69) is 13.8 Å². The van der Waals surface area contributed by atoms with Gasteiger partial charge in [0.1, 0.15) is 6.29 Å². The summed E-state index contributed by atoms with van der Waals surface area (Å²) in [4.78, 5) is 10.4. The molecule has 1 rings (SSSR count). The van der Waals surface area contributed by atoms with Crippen molar-refractivity contribution in [3.05, 3.63) is 0 Å². The van der Waals surface area contributed by atoms with Gasteiger partial charge in [0, 0.05) is 0 Å². The summed E-state index contributed by atoms with van der Waals surface area (Å²) in [5, 5.41) is 0.248. The van der Waals surface area contributed by atoms with Crippen LogP contribution >= 0.6 is 11.8 Å². The zero-order chi connectivity index (χ0) is 6.91. The molecule has 52 valence electrons. The quantitative estimate of drug-likeness (QED) is 0.521. The molecule has 0 bridgehead atoms. The van der Waals surface area contributed by atoms with E-state index in [9.17, 15) is 4.79 Å². The Balaban J connectivity index is 2.62. The Kier molecular flexibility index (Phi) is 1.85. The molecule has 1 aliphatic rings. The molecule has 9 heavy (non-hydrogen) atoms. The molecule has 0 aromatic carbocycles. The summed E-state index contributed by atoms with van der Waals surface area (Å²) in [5.74, 6) is 1.15. The van der Waals surface area contributed by atoms with Crippen LogP contribution in [0.4, 0.5) is 0 Å². The predicted molar refractivity (Wildman–Crippen MR) is 40.7 cm³/mol. The van der Waals surface area contributed by atoms with E-state index < -0.39 is 0 Å². The highest BCUT2D eigenvalue weighted by Gasteiger charge is 2.34. The van der Waals surface area contributed by atoms with Crippen LogP contribution < -0.4 is 0 Å². The predicted octanol–water partition coefficient (Wildman–Crippen LogP) is 1.72. The minimum Gasteiger partial charge on any atom is -0.302 e. The molecule has 0 aromatic heterocycles. The van der Waals surface area contributed by atoms with E-state index in [4.69, 9.17) is 0 Å². The lowest BCUT2D eigenvalue weighted by atomic mass is 9.87. The molecule has 1 atom stereocenters. The minimum atomic E-state index is 0.248. The third kappa shape index (κ3) is 1.29. The molecule has 0 aromatic rings. The average Bonchev–Trinajstić information content (AvgIpc) is 2.08. The second-order valence-corrected chi connectivity index (χ2v) is 4.42. The first kappa shape index (κ1) is 7.13. The van der Waals surface area contributed by atoms with Gasteiger partial charge < -0.3 is 4.79 Å². The maximum absolute atomic E-state index is 10.4. The van der Waals surface area contributed by atoms with Gasteiger partial charge in [0.05, 0.1) is 5.25 Å². The number of thioether (sulfide) groups is 1. The summed E-state index contributed by atoms with van der Waals surface area (Å²) < 4.78 is 0. The molecule has 0 saturated carbocycles. The SMILES string of the molecule is CC1(C)CCSC1C=O. The van der Waals surface area contributed by atoms with Crippen molar-refractivity contribution < 1.29 is 4.79 Å². The first-order chi connectivity index (χ1) is 4.17. The normalized spacial score (nSPS) is 32.4. The van der Waals surface area contributed by atoms with Crippen molar-refractivity contribution in [3.8, 4) is 0 Å². The third-order valence-corrected chi connectivity index (χ3v) is 3.49. The molecule has 0 N–H and O–H groups in total. The van der Waals surface area contributed by atoms with Gasteiger partial charge in [-0.25, -0.2) is 0 Å². The van der Waals surface area contributed by atoms with Gasteiger partial charge in [0.2, 0.25) is 0 Å². The van der Waals surface area contributed by atoms with Gasteiger partial charge >= 0.3 is 0 Å². The molecule has 1 fully saturated rings. The summed E-state index contributed by atoms with van der Waals surface area (Å²) in [6.07, 6.45) is 2.26. The first-order valence-electron chi connectivity index (χ1n) is 3.24. The number of hydrogen-bond acceptors (Lipinski definition) is 2. The van der Waals surface area contributed by atoms with Crippen molar-refractivity contribution in [2.75, 3.05) is 5.75 Å². The fraction of sp³-hybridized carbons (Fsp3) is 0.857. The molecule has 2 heteroatoms. The summed E-state index contributed by atoms with van der Waals surface area (Å²) in [5.41, 5.74) is 0.256. The van der Waals surface area contributed by atoms with Crippen LogP contribution in [0.2, 0.25) is 0 Å². The molecule has 0 radical (unpaired) electrons. The van der Waals surface area contributed by atoms with Crippen molar-refractivity contribution in [2.24, 2.45) is 5.41 Å². The summed E-state index contributed by atoms with van der Waals surface area (Å²) in [6, 6.07) is 0. The minimum absolute atomic E-state index is 0.248. The van der Waals surface area contributed by atoms with Crippen molar-refractivity contribution in [1.29, 1.82) is 0 Å². The summed E-state index contributed by atoms with van der Waals surface area (Å²) >= 11 is 1.78. The fourth-order valence-corrected chi connectivity index (χ4v) is 2.59. The van der Waals surface area contributed by atoms with Crippen LogP contribution in [0.1, 0.15) is 20.3 Å². The first-order valence-corrected chi connectivity index (χ1v) is 4.28. The smallest absolute Gasteiger partial charge is 0.133 e. The van der Waals surface area contributed by atoms with Crippen LogP contribution in [-0.4, -0.2) is 17.3 Å². The molecule has 1 nitrogen and oxygen atoms in total. The molecule has 1 heterocycles. The monoisotopic (exact) mass is 144 g/mol. The number of rotatable bonds is 1. The van der Waals surface area contributed by atoms with Crippen molar-refractivity contribution >= 4 is 18.0 Å². The molecule has 0 amide bonds. The van der Waals surface area contributed by atoms with Crippen molar-refractivity contribution in [1.82, 2.24) is 0 Å². The molecule has 1 unspecified atom stereocenters. The maximum Gasteiger partial charge on any atom is 0.133 e. The van der Waals surface area contributed by atoms with Gasteiger partial charge in [-0.3, -0.25) is 0 Å². The van der Waals surface area contributed by atoms with E-state index in [0.717, 1.165) is 12.0 Å². The zero-order valence-electron chi connectivity index (χ0n) is 5.89. The number of aldehydes is 1. The van der Waals surface area contributed by atoms with Crippen LogP contribution in [0.5, 0.6) is 0 Å². The Bertz CT molecular complexity index is 120. The van der Waals surface area contributed by atoms with Crippen LogP contribution in [-0.2, 0) is 4.79 Å². The van der Waals surface area contributed by atoms with Crippen LogP contribution in [0.25, 0.3) is 0 Å².